The van der Waals surface area contributed by atoms with E-state index in [2.05, 4.69) is 4.74 Å². The Labute approximate surface area is 98.9 Å². The molecule has 2 N–H and O–H groups in total. The van der Waals surface area contributed by atoms with E-state index in [4.69, 9.17) is 5.26 Å². The lowest BCUT2D eigenvalue weighted by Crippen LogP contribution is -2.29. The summed E-state index contributed by atoms with van der Waals surface area (Å²) in [7, 11) is 1.13. The Morgan fingerprint density at radius 2 is 2.12 bits per heavy atom. The summed E-state index contributed by atoms with van der Waals surface area (Å²) in [5, 5.41) is 28.0. The molecule has 0 heterocycles. The molecule has 0 fully saturated rings. The first kappa shape index (κ1) is 13.2. The van der Waals surface area contributed by atoms with Crippen molar-refractivity contribution in [2.45, 2.75) is 19.1 Å². The molecule has 0 aliphatic heterocycles. The predicted octanol–water partition coefficient (Wildman–Crippen LogP) is 0.434. The van der Waals surface area contributed by atoms with Crippen LogP contribution in [0.3, 0.4) is 0 Å². The first-order valence-electron chi connectivity index (χ1n) is 4.96. The lowest BCUT2D eigenvalue weighted by Gasteiger charge is -2.17. The summed E-state index contributed by atoms with van der Waals surface area (Å²) < 4.78 is 4.34. The molecule has 1 aromatic carbocycles. The van der Waals surface area contributed by atoms with Gasteiger partial charge < -0.3 is 14.9 Å². The van der Waals surface area contributed by atoms with Gasteiger partial charge in [-0.15, -0.1) is 0 Å². The number of hydrogen-bond donors (Lipinski definition) is 2. The van der Waals surface area contributed by atoms with Gasteiger partial charge in [0.05, 0.1) is 18.7 Å². The molecule has 90 valence electrons. The van der Waals surface area contributed by atoms with E-state index in [1.165, 1.54) is 12.1 Å². The van der Waals surface area contributed by atoms with Gasteiger partial charge >= 0.3 is 5.97 Å². The quantitative estimate of drug-likeness (QED) is 0.741. The second-order valence-electron chi connectivity index (χ2n) is 3.60. The van der Waals surface area contributed by atoms with Crippen molar-refractivity contribution in [2.75, 3.05) is 7.11 Å². The van der Waals surface area contributed by atoms with Crippen LogP contribution >= 0.6 is 0 Å². The summed E-state index contributed by atoms with van der Waals surface area (Å²) >= 11 is 0. The zero-order valence-electron chi connectivity index (χ0n) is 9.54. The Bertz CT molecular complexity index is 464. The topological polar surface area (TPSA) is 90.6 Å². The SMILES string of the molecule is COC(=O)C(O)C(O)c1ccc(C#N)cc1C. The number of nitrogens with zero attached hydrogens (tertiary/aromatic N) is 1. The molecule has 0 bridgehead atoms. The monoisotopic (exact) mass is 235 g/mol. The largest absolute Gasteiger partial charge is 0.467 e. The zero-order chi connectivity index (χ0) is 13.0. The molecule has 5 nitrogen and oxygen atoms in total. The van der Waals surface area contributed by atoms with Crippen LogP contribution in [0.15, 0.2) is 18.2 Å². The molecule has 0 aliphatic rings. The predicted molar refractivity (Wildman–Crippen MR) is 58.9 cm³/mol. The number of aliphatic hydroxyl groups excluding tert-OH is 2. The van der Waals surface area contributed by atoms with Gasteiger partial charge in [-0.05, 0) is 30.2 Å². The molecular formula is C12H13NO4. The van der Waals surface area contributed by atoms with Gasteiger partial charge in [-0.1, -0.05) is 6.07 Å². The van der Waals surface area contributed by atoms with Gasteiger partial charge in [-0.3, -0.25) is 0 Å². The molecule has 2 atom stereocenters. The fraction of sp³-hybridized carbons (Fsp3) is 0.333. The Kier molecular flexibility index (Phi) is 4.21. The normalized spacial score (nSPS) is 13.6. The molecule has 0 saturated heterocycles. The van der Waals surface area contributed by atoms with E-state index in [0.717, 1.165) is 7.11 Å². The molecule has 1 aromatic rings. The lowest BCUT2D eigenvalue weighted by atomic mass is 9.98. The van der Waals surface area contributed by atoms with E-state index in [-0.39, 0.29) is 0 Å². The molecular weight excluding hydrogens is 222 g/mol. The average Bonchev–Trinajstić information content (AvgIpc) is 2.35. The Morgan fingerprint density at radius 1 is 1.47 bits per heavy atom. The number of nitriles is 1. The van der Waals surface area contributed by atoms with Gasteiger partial charge in [0.25, 0.3) is 0 Å². The van der Waals surface area contributed by atoms with Gasteiger partial charge in [0.15, 0.2) is 6.10 Å². The second kappa shape index (κ2) is 5.43. The van der Waals surface area contributed by atoms with Crippen molar-refractivity contribution < 1.29 is 19.7 Å². The van der Waals surface area contributed by atoms with E-state index >= 15 is 0 Å². The van der Waals surface area contributed by atoms with Crippen molar-refractivity contribution >= 4 is 5.97 Å². The van der Waals surface area contributed by atoms with Crippen LogP contribution in [0.1, 0.15) is 22.8 Å². The fourth-order valence-corrected chi connectivity index (χ4v) is 1.50. The summed E-state index contributed by atoms with van der Waals surface area (Å²) in [6.07, 6.45) is -3.00. The summed E-state index contributed by atoms with van der Waals surface area (Å²) in [6, 6.07) is 6.55. The van der Waals surface area contributed by atoms with Crippen LogP contribution < -0.4 is 0 Å². The summed E-state index contributed by atoms with van der Waals surface area (Å²) in [4.78, 5) is 11.1. The second-order valence-corrected chi connectivity index (χ2v) is 3.60. The van der Waals surface area contributed by atoms with E-state index in [1.54, 1.807) is 13.0 Å². The summed E-state index contributed by atoms with van der Waals surface area (Å²) in [5.41, 5.74) is 1.47. The Balaban J connectivity index is 3.01. The highest BCUT2D eigenvalue weighted by atomic mass is 16.5. The number of aliphatic hydroxyl groups is 2. The van der Waals surface area contributed by atoms with Gasteiger partial charge in [0.1, 0.15) is 6.10 Å². The molecule has 17 heavy (non-hydrogen) atoms. The smallest absolute Gasteiger partial charge is 0.337 e. The Morgan fingerprint density at radius 3 is 2.59 bits per heavy atom. The highest BCUT2D eigenvalue weighted by Gasteiger charge is 2.27. The number of hydrogen-bond acceptors (Lipinski definition) is 5. The third-order valence-corrected chi connectivity index (χ3v) is 2.46. The van der Waals surface area contributed by atoms with E-state index in [9.17, 15) is 15.0 Å². The lowest BCUT2D eigenvalue weighted by molar-refractivity contribution is -0.156. The van der Waals surface area contributed by atoms with Crippen LogP contribution in [0.2, 0.25) is 0 Å². The molecule has 5 heteroatoms. The van der Waals surface area contributed by atoms with E-state index < -0.39 is 18.2 Å². The number of aryl methyl sites for hydroxylation is 1. The maximum atomic E-state index is 11.1. The highest BCUT2D eigenvalue weighted by molar-refractivity contribution is 5.75. The summed E-state index contributed by atoms with van der Waals surface area (Å²) in [6.45, 7) is 1.68. The van der Waals surface area contributed by atoms with Crippen molar-refractivity contribution in [1.82, 2.24) is 0 Å². The highest BCUT2D eigenvalue weighted by Crippen LogP contribution is 2.22. The third-order valence-electron chi connectivity index (χ3n) is 2.46. The molecule has 0 amide bonds. The molecule has 0 aliphatic carbocycles. The number of esters is 1. The molecule has 2 unspecified atom stereocenters. The average molecular weight is 235 g/mol. The van der Waals surface area contributed by atoms with E-state index in [0.29, 0.717) is 16.7 Å². The van der Waals surface area contributed by atoms with Crippen molar-refractivity contribution in [1.29, 1.82) is 5.26 Å². The number of carbonyl (C=O) groups is 1. The minimum Gasteiger partial charge on any atom is -0.467 e. The van der Waals surface area contributed by atoms with Gasteiger partial charge in [-0.2, -0.15) is 5.26 Å². The maximum absolute atomic E-state index is 11.1. The van der Waals surface area contributed by atoms with Crippen molar-refractivity contribution in [3.05, 3.63) is 34.9 Å². The Hall–Kier alpha value is -1.90. The molecule has 1 rings (SSSR count). The maximum Gasteiger partial charge on any atom is 0.337 e. The third kappa shape index (κ3) is 2.81. The number of rotatable bonds is 3. The van der Waals surface area contributed by atoms with Crippen molar-refractivity contribution in [3.63, 3.8) is 0 Å². The van der Waals surface area contributed by atoms with Crippen LogP contribution in [0, 0.1) is 18.3 Å². The first-order valence-corrected chi connectivity index (χ1v) is 4.96. The minimum absolute atomic E-state index is 0.391. The van der Waals surface area contributed by atoms with E-state index in [1.807, 2.05) is 6.07 Å². The van der Waals surface area contributed by atoms with Crippen molar-refractivity contribution in [3.8, 4) is 6.07 Å². The zero-order valence-corrected chi connectivity index (χ0v) is 9.54. The molecule has 0 saturated carbocycles. The fourth-order valence-electron chi connectivity index (χ4n) is 1.50. The van der Waals surface area contributed by atoms with Crippen LogP contribution in [0.4, 0.5) is 0 Å². The molecule has 0 spiro atoms. The molecule has 0 aromatic heterocycles. The van der Waals surface area contributed by atoms with Crippen molar-refractivity contribution in [2.24, 2.45) is 0 Å². The number of carbonyl (C=O) groups excluding carboxylic acids is 1. The van der Waals surface area contributed by atoms with Crippen LogP contribution in [-0.2, 0) is 9.53 Å². The van der Waals surface area contributed by atoms with Crippen LogP contribution in [0.25, 0.3) is 0 Å². The standard InChI is InChI=1S/C12H13NO4/c1-7-5-8(6-13)3-4-9(7)10(14)11(15)12(16)17-2/h3-5,10-11,14-15H,1-2H3. The number of ether oxygens (including phenoxy) is 1. The summed E-state index contributed by atoms with van der Waals surface area (Å²) in [5.74, 6) is -0.902. The number of methoxy groups -OCH3 is 1. The van der Waals surface area contributed by atoms with Gasteiger partial charge in [0, 0.05) is 0 Å². The first-order chi connectivity index (χ1) is 8.01. The van der Waals surface area contributed by atoms with Gasteiger partial charge in [0.2, 0.25) is 0 Å². The molecule has 0 radical (unpaired) electrons. The number of benzene rings is 1. The van der Waals surface area contributed by atoms with Crippen LogP contribution in [0.5, 0.6) is 0 Å². The van der Waals surface area contributed by atoms with Gasteiger partial charge in [-0.25, -0.2) is 4.79 Å². The minimum atomic E-state index is -1.63. The van der Waals surface area contributed by atoms with Crippen LogP contribution in [-0.4, -0.2) is 29.4 Å².